The topological polar surface area (TPSA) is 45.2 Å². The zero-order valence-corrected chi connectivity index (χ0v) is 13.6. The molecule has 0 saturated carbocycles. The third kappa shape index (κ3) is 3.85. The predicted molar refractivity (Wildman–Crippen MR) is 90.3 cm³/mol. The number of urea groups is 1. The minimum absolute atomic E-state index is 0.0208. The van der Waals surface area contributed by atoms with Gasteiger partial charge in [0.05, 0.1) is 5.69 Å². The fourth-order valence-electron chi connectivity index (χ4n) is 2.87. The van der Waals surface area contributed by atoms with E-state index in [4.69, 9.17) is 0 Å². The SMILES string of the molecule is Cc1csc(NC(=O)N2CCC(Cc3ccccc3)CC2)n1. The van der Waals surface area contributed by atoms with Crippen molar-refractivity contribution in [3.8, 4) is 0 Å². The largest absolute Gasteiger partial charge is 0.324 e. The minimum Gasteiger partial charge on any atom is -0.324 e. The van der Waals surface area contributed by atoms with Gasteiger partial charge in [-0.3, -0.25) is 5.32 Å². The highest BCUT2D eigenvalue weighted by Crippen LogP contribution is 2.22. The molecule has 0 spiro atoms. The summed E-state index contributed by atoms with van der Waals surface area (Å²) in [5.74, 6) is 0.675. The number of rotatable bonds is 3. The van der Waals surface area contributed by atoms with Crippen LogP contribution in [-0.2, 0) is 6.42 Å². The number of carbonyl (C=O) groups is 1. The Balaban J connectivity index is 1.48. The van der Waals surface area contributed by atoms with Crippen molar-refractivity contribution in [2.45, 2.75) is 26.2 Å². The number of thiazole rings is 1. The highest BCUT2D eigenvalue weighted by molar-refractivity contribution is 7.13. The molecule has 0 bridgehead atoms. The van der Waals surface area contributed by atoms with Gasteiger partial charge in [-0.15, -0.1) is 11.3 Å². The molecule has 4 nitrogen and oxygen atoms in total. The molecule has 1 aliphatic rings. The number of aromatic nitrogens is 1. The molecule has 0 aliphatic carbocycles. The van der Waals surface area contributed by atoms with Crippen molar-refractivity contribution >= 4 is 22.5 Å². The molecule has 22 heavy (non-hydrogen) atoms. The van der Waals surface area contributed by atoms with E-state index in [0.29, 0.717) is 11.0 Å². The Morgan fingerprint density at radius 2 is 2.05 bits per heavy atom. The first kappa shape index (κ1) is 15.0. The number of aryl methyl sites for hydroxylation is 1. The third-order valence-corrected chi connectivity index (χ3v) is 4.98. The molecule has 2 heterocycles. The van der Waals surface area contributed by atoms with Gasteiger partial charge in [-0.05, 0) is 37.7 Å². The van der Waals surface area contributed by atoms with Crippen LogP contribution >= 0.6 is 11.3 Å². The van der Waals surface area contributed by atoms with Gasteiger partial charge in [-0.2, -0.15) is 0 Å². The van der Waals surface area contributed by atoms with Crippen molar-refractivity contribution in [2.24, 2.45) is 5.92 Å². The number of hydrogen-bond donors (Lipinski definition) is 1. The molecule has 1 N–H and O–H groups in total. The molecule has 1 fully saturated rings. The Bertz CT molecular complexity index is 618. The molecule has 0 unspecified atom stereocenters. The van der Waals surface area contributed by atoms with Gasteiger partial charge in [0.15, 0.2) is 5.13 Å². The molecule has 1 aliphatic heterocycles. The van der Waals surface area contributed by atoms with Crippen LogP contribution < -0.4 is 5.32 Å². The van der Waals surface area contributed by atoms with E-state index in [0.717, 1.165) is 38.0 Å². The quantitative estimate of drug-likeness (QED) is 0.932. The number of amides is 2. The number of hydrogen-bond acceptors (Lipinski definition) is 3. The monoisotopic (exact) mass is 315 g/mol. The van der Waals surface area contributed by atoms with Crippen LogP contribution in [-0.4, -0.2) is 29.0 Å². The highest BCUT2D eigenvalue weighted by Gasteiger charge is 2.23. The summed E-state index contributed by atoms with van der Waals surface area (Å²) < 4.78 is 0. The van der Waals surface area contributed by atoms with E-state index >= 15 is 0 Å². The van der Waals surface area contributed by atoms with E-state index in [1.165, 1.54) is 16.9 Å². The average molecular weight is 315 g/mol. The van der Waals surface area contributed by atoms with E-state index < -0.39 is 0 Å². The van der Waals surface area contributed by atoms with E-state index in [9.17, 15) is 4.79 Å². The summed E-state index contributed by atoms with van der Waals surface area (Å²) >= 11 is 1.47. The van der Waals surface area contributed by atoms with Gasteiger partial charge < -0.3 is 4.90 Å². The van der Waals surface area contributed by atoms with Gasteiger partial charge >= 0.3 is 6.03 Å². The van der Waals surface area contributed by atoms with Gasteiger partial charge in [-0.1, -0.05) is 30.3 Å². The van der Waals surface area contributed by atoms with Crippen molar-refractivity contribution in [3.63, 3.8) is 0 Å². The van der Waals surface area contributed by atoms with Crippen LogP contribution in [0.25, 0.3) is 0 Å². The molecule has 116 valence electrons. The Morgan fingerprint density at radius 3 is 2.68 bits per heavy atom. The summed E-state index contributed by atoms with van der Waals surface area (Å²) in [6.45, 7) is 3.59. The van der Waals surface area contributed by atoms with Crippen LogP contribution in [0.4, 0.5) is 9.93 Å². The summed E-state index contributed by atoms with van der Waals surface area (Å²) in [4.78, 5) is 18.4. The maximum atomic E-state index is 12.2. The first-order valence-corrected chi connectivity index (χ1v) is 8.60. The van der Waals surface area contributed by atoms with Crippen LogP contribution in [0.1, 0.15) is 24.1 Å². The number of anilines is 1. The van der Waals surface area contributed by atoms with E-state index in [2.05, 4.69) is 40.6 Å². The normalized spacial score (nSPS) is 15.8. The van der Waals surface area contributed by atoms with Gasteiger partial charge in [-0.25, -0.2) is 9.78 Å². The molecule has 1 aromatic heterocycles. The Hall–Kier alpha value is -1.88. The van der Waals surface area contributed by atoms with Crippen LogP contribution in [0, 0.1) is 12.8 Å². The summed E-state index contributed by atoms with van der Waals surface area (Å²) in [5, 5.41) is 5.53. The second kappa shape index (κ2) is 6.92. The molecule has 3 rings (SSSR count). The first-order valence-electron chi connectivity index (χ1n) is 7.72. The molecular formula is C17H21N3OS. The smallest absolute Gasteiger partial charge is 0.323 e. The number of nitrogens with zero attached hydrogens (tertiary/aromatic N) is 2. The highest BCUT2D eigenvalue weighted by atomic mass is 32.1. The molecule has 5 heteroatoms. The summed E-state index contributed by atoms with van der Waals surface area (Å²) in [6.07, 6.45) is 3.25. The standard InChI is InChI=1S/C17H21N3OS/c1-13-12-22-16(18-13)19-17(21)20-9-7-15(8-10-20)11-14-5-3-2-4-6-14/h2-6,12,15H,7-11H2,1H3,(H,18,19,21). The Morgan fingerprint density at radius 1 is 1.32 bits per heavy atom. The maximum Gasteiger partial charge on any atom is 0.323 e. The Kier molecular flexibility index (Phi) is 4.73. The lowest BCUT2D eigenvalue weighted by atomic mass is 9.90. The molecule has 0 radical (unpaired) electrons. The Labute approximate surface area is 135 Å². The van der Waals surface area contributed by atoms with Gasteiger partial charge in [0.1, 0.15) is 0 Å². The second-order valence-corrected chi connectivity index (χ2v) is 6.70. The van der Waals surface area contributed by atoms with Gasteiger partial charge in [0.2, 0.25) is 0 Å². The van der Waals surface area contributed by atoms with Crippen molar-refractivity contribution in [3.05, 3.63) is 47.0 Å². The van der Waals surface area contributed by atoms with E-state index in [-0.39, 0.29) is 6.03 Å². The molecule has 0 atom stereocenters. The van der Waals surface area contributed by atoms with Crippen molar-refractivity contribution < 1.29 is 4.79 Å². The molecule has 1 saturated heterocycles. The zero-order chi connectivity index (χ0) is 15.4. The first-order chi connectivity index (χ1) is 10.7. The van der Waals surface area contributed by atoms with E-state index in [1.807, 2.05) is 17.2 Å². The number of carbonyl (C=O) groups excluding carboxylic acids is 1. The molecule has 2 aromatic rings. The third-order valence-electron chi connectivity index (χ3n) is 4.10. The predicted octanol–water partition coefficient (Wildman–Crippen LogP) is 3.94. The van der Waals surface area contributed by atoms with Crippen molar-refractivity contribution in [2.75, 3.05) is 18.4 Å². The maximum absolute atomic E-state index is 12.2. The molecule has 2 amide bonds. The zero-order valence-electron chi connectivity index (χ0n) is 12.8. The molecule has 1 aromatic carbocycles. The van der Waals surface area contributed by atoms with E-state index in [1.54, 1.807) is 0 Å². The lowest BCUT2D eigenvalue weighted by Crippen LogP contribution is -2.41. The number of piperidine rings is 1. The number of benzene rings is 1. The number of nitrogens with one attached hydrogen (secondary N) is 1. The summed E-state index contributed by atoms with van der Waals surface area (Å²) in [5.41, 5.74) is 2.34. The van der Waals surface area contributed by atoms with Crippen LogP contribution in [0.2, 0.25) is 0 Å². The van der Waals surface area contributed by atoms with Gasteiger partial charge in [0.25, 0.3) is 0 Å². The number of likely N-dealkylation sites (tertiary alicyclic amines) is 1. The second-order valence-electron chi connectivity index (χ2n) is 5.84. The molecular weight excluding hydrogens is 294 g/mol. The lowest BCUT2D eigenvalue weighted by Gasteiger charge is -2.31. The van der Waals surface area contributed by atoms with Crippen molar-refractivity contribution in [1.82, 2.24) is 9.88 Å². The van der Waals surface area contributed by atoms with Crippen molar-refractivity contribution in [1.29, 1.82) is 0 Å². The summed E-state index contributed by atoms with van der Waals surface area (Å²) in [7, 11) is 0. The van der Waals surface area contributed by atoms with Crippen LogP contribution in [0.15, 0.2) is 35.7 Å². The van der Waals surface area contributed by atoms with Crippen LogP contribution in [0.5, 0.6) is 0 Å². The summed E-state index contributed by atoms with van der Waals surface area (Å²) in [6, 6.07) is 10.6. The van der Waals surface area contributed by atoms with Crippen LogP contribution in [0.3, 0.4) is 0 Å². The minimum atomic E-state index is -0.0208. The lowest BCUT2D eigenvalue weighted by molar-refractivity contribution is 0.182. The fraction of sp³-hybridized carbons (Fsp3) is 0.412. The fourth-order valence-corrected chi connectivity index (χ4v) is 3.55. The average Bonchev–Trinajstić information content (AvgIpc) is 2.94. The van der Waals surface area contributed by atoms with Gasteiger partial charge in [0, 0.05) is 18.5 Å².